The zero-order valence-electron chi connectivity index (χ0n) is 17.7. The molecule has 1 aliphatic heterocycles. The number of nitrogens with one attached hydrogen (secondary N) is 1. The zero-order chi connectivity index (χ0) is 20.5. The standard InChI is InChI=1S/C23H35N5O/c1-2-3-4-5-6-7-8-11-18-12-9-13-19(16-18)22-26-21(29-27-22)17-20-14-10-15-28(20)23(24)25/h9,12-13,16,20H,2-8,10-11,14-15,17H2,1H3,(H3,24,25). The fraction of sp³-hybridized carbons (Fsp3) is 0.609. The molecular formula is C23H35N5O. The summed E-state index contributed by atoms with van der Waals surface area (Å²) in [6.07, 6.45) is 13.1. The van der Waals surface area contributed by atoms with E-state index in [1.807, 2.05) is 11.0 Å². The average Bonchev–Trinajstić information content (AvgIpc) is 3.38. The van der Waals surface area contributed by atoms with Gasteiger partial charge in [0.25, 0.3) is 0 Å². The molecule has 2 heterocycles. The summed E-state index contributed by atoms with van der Waals surface area (Å²) in [7, 11) is 0. The molecule has 1 aromatic carbocycles. The van der Waals surface area contributed by atoms with Gasteiger partial charge in [0, 0.05) is 24.6 Å². The second-order valence-corrected chi connectivity index (χ2v) is 8.16. The Balaban J connectivity index is 1.51. The minimum Gasteiger partial charge on any atom is -0.370 e. The summed E-state index contributed by atoms with van der Waals surface area (Å²) in [6.45, 7) is 3.09. The van der Waals surface area contributed by atoms with E-state index >= 15 is 0 Å². The van der Waals surface area contributed by atoms with Crippen molar-refractivity contribution < 1.29 is 4.52 Å². The molecule has 6 nitrogen and oxygen atoms in total. The monoisotopic (exact) mass is 397 g/mol. The Morgan fingerprint density at radius 3 is 2.79 bits per heavy atom. The van der Waals surface area contributed by atoms with E-state index < -0.39 is 0 Å². The first kappa shape index (κ1) is 21.3. The Labute approximate surface area is 174 Å². The molecule has 0 radical (unpaired) electrons. The van der Waals surface area contributed by atoms with Crippen LogP contribution in [0.2, 0.25) is 0 Å². The summed E-state index contributed by atoms with van der Waals surface area (Å²) in [5.41, 5.74) is 8.02. The number of aryl methyl sites for hydroxylation is 1. The van der Waals surface area contributed by atoms with E-state index in [-0.39, 0.29) is 12.0 Å². The van der Waals surface area contributed by atoms with Gasteiger partial charge in [-0.15, -0.1) is 0 Å². The largest absolute Gasteiger partial charge is 0.370 e. The van der Waals surface area contributed by atoms with E-state index in [4.69, 9.17) is 15.7 Å². The van der Waals surface area contributed by atoms with Gasteiger partial charge in [-0.05, 0) is 37.3 Å². The van der Waals surface area contributed by atoms with Gasteiger partial charge in [0.1, 0.15) is 0 Å². The topological polar surface area (TPSA) is 92.0 Å². The molecule has 158 valence electrons. The molecule has 0 aliphatic carbocycles. The van der Waals surface area contributed by atoms with Crippen molar-refractivity contribution in [1.29, 1.82) is 5.41 Å². The second-order valence-electron chi connectivity index (χ2n) is 8.16. The highest BCUT2D eigenvalue weighted by Gasteiger charge is 2.27. The fourth-order valence-electron chi connectivity index (χ4n) is 4.17. The summed E-state index contributed by atoms with van der Waals surface area (Å²) in [4.78, 5) is 6.52. The van der Waals surface area contributed by atoms with Crippen molar-refractivity contribution >= 4 is 5.96 Å². The van der Waals surface area contributed by atoms with Gasteiger partial charge in [-0.3, -0.25) is 5.41 Å². The molecule has 1 saturated heterocycles. The predicted octanol–water partition coefficient (Wildman–Crippen LogP) is 4.93. The minimum absolute atomic E-state index is 0.130. The molecule has 6 heteroatoms. The Kier molecular flexibility index (Phi) is 8.08. The number of hydrogen-bond donors (Lipinski definition) is 2. The first-order chi connectivity index (χ1) is 14.2. The number of nitrogens with zero attached hydrogens (tertiary/aromatic N) is 3. The van der Waals surface area contributed by atoms with Crippen molar-refractivity contribution in [3.8, 4) is 11.4 Å². The Bertz CT molecular complexity index is 772. The van der Waals surface area contributed by atoms with Gasteiger partial charge in [-0.2, -0.15) is 4.98 Å². The van der Waals surface area contributed by atoms with Crippen LogP contribution in [0.25, 0.3) is 11.4 Å². The number of hydrogen-bond acceptors (Lipinski definition) is 4. The van der Waals surface area contributed by atoms with Gasteiger partial charge >= 0.3 is 0 Å². The number of benzene rings is 1. The van der Waals surface area contributed by atoms with Crippen LogP contribution in [-0.2, 0) is 12.8 Å². The molecule has 0 saturated carbocycles. The third-order valence-corrected chi connectivity index (χ3v) is 5.82. The highest BCUT2D eigenvalue weighted by Crippen LogP contribution is 2.23. The van der Waals surface area contributed by atoms with Crippen LogP contribution < -0.4 is 5.73 Å². The third-order valence-electron chi connectivity index (χ3n) is 5.82. The lowest BCUT2D eigenvalue weighted by Crippen LogP contribution is -2.41. The number of aromatic nitrogens is 2. The van der Waals surface area contributed by atoms with Crippen LogP contribution >= 0.6 is 0 Å². The van der Waals surface area contributed by atoms with Crippen LogP contribution in [0, 0.1) is 5.41 Å². The predicted molar refractivity (Wildman–Crippen MR) is 117 cm³/mol. The molecule has 3 rings (SSSR count). The van der Waals surface area contributed by atoms with E-state index in [0.717, 1.165) is 31.4 Å². The van der Waals surface area contributed by atoms with Crippen molar-refractivity contribution in [3.05, 3.63) is 35.7 Å². The van der Waals surface area contributed by atoms with E-state index in [1.165, 1.54) is 50.5 Å². The lowest BCUT2D eigenvalue weighted by Gasteiger charge is -2.23. The maximum atomic E-state index is 7.70. The Morgan fingerprint density at radius 1 is 1.21 bits per heavy atom. The SMILES string of the molecule is CCCCCCCCCc1cccc(-c2noc(CC3CCCN3C(=N)N)n2)c1. The van der Waals surface area contributed by atoms with Crippen LogP contribution in [0.1, 0.15) is 76.2 Å². The number of likely N-dealkylation sites (tertiary alicyclic amines) is 1. The molecule has 29 heavy (non-hydrogen) atoms. The Morgan fingerprint density at radius 2 is 2.00 bits per heavy atom. The first-order valence-electron chi connectivity index (χ1n) is 11.2. The van der Waals surface area contributed by atoms with Crippen LogP contribution in [0.15, 0.2) is 28.8 Å². The second kappa shape index (κ2) is 11.0. The summed E-state index contributed by atoms with van der Waals surface area (Å²) in [5, 5.41) is 11.9. The molecular weight excluding hydrogens is 362 g/mol. The molecule has 1 aromatic heterocycles. The van der Waals surface area contributed by atoms with Gasteiger partial charge in [-0.25, -0.2) is 0 Å². The highest BCUT2D eigenvalue weighted by atomic mass is 16.5. The first-order valence-corrected chi connectivity index (χ1v) is 11.2. The van der Waals surface area contributed by atoms with Crippen molar-refractivity contribution in [2.24, 2.45) is 5.73 Å². The average molecular weight is 398 g/mol. The summed E-state index contributed by atoms with van der Waals surface area (Å²) >= 11 is 0. The molecule has 0 bridgehead atoms. The van der Waals surface area contributed by atoms with Crippen LogP contribution in [0.4, 0.5) is 0 Å². The van der Waals surface area contributed by atoms with E-state index in [9.17, 15) is 0 Å². The zero-order valence-corrected chi connectivity index (χ0v) is 17.7. The van der Waals surface area contributed by atoms with Gasteiger partial charge in [0.2, 0.25) is 11.7 Å². The van der Waals surface area contributed by atoms with Crippen molar-refractivity contribution in [3.63, 3.8) is 0 Å². The summed E-state index contributed by atoms with van der Waals surface area (Å²) in [6, 6.07) is 8.68. The maximum Gasteiger partial charge on any atom is 0.229 e. The molecule has 0 spiro atoms. The molecule has 1 unspecified atom stereocenters. The van der Waals surface area contributed by atoms with E-state index in [1.54, 1.807) is 0 Å². The normalized spacial score (nSPS) is 16.4. The van der Waals surface area contributed by atoms with Gasteiger partial charge in [0.05, 0.1) is 0 Å². The minimum atomic E-state index is 0.130. The molecule has 1 fully saturated rings. The summed E-state index contributed by atoms with van der Waals surface area (Å²) < 4.78 is 5.50. The molecule has 1 atom stereocenters. The van der Waals surface area contributed by atoms with Crippen LogP contribution in [-0.4, -0.2) is 33.6 Å². The van der Waals surface area contributed by atoms with E-state index in [2.05, 4.69) is 35.3 Å². The number of nitrogens with two attached hydrogens (primary N) is 1. The molecule has 3 N–H and O–H groups in total. The smallest absolute Gasteiger partial charge is 0.229 e. The van der Waals surface area contributed by atoms with Crippen molar-refractivity contribution in [2.75, 3.05) is 6.54 Å². The molecule has 2 aromatic rings. The summed E-state index contributed by atoms with van der Waals surface area (Å²) in [5.74, 6) is 1.40. The number of rotatable bonds is 11. The lowest BCUT2D eigenvalue weighted by atomic mass is 10.0. The fourth-order valence-corrected chi connectivity index (χ4v) is 4.17. The van der Waals surface area contributed by atoms with Crippen LogP contribution in [0.3, 0.4) is 0 Å². The number of unbranched alkanes of at least 4 members (excludes halogenated alkanes) is 6. The van der Waals surface area contributed by atoms with Gasteiger partial charge in [0.15, 0.2) is 5.96 Å². The molecule has 1 aliphatic rings. The highest BCUT2D eigenvalue weighted by molar-refractivity contribution is 5.75. The quantitative estimate of drug-likeness (QED) is 0.319. The third kappa shape index (κ3) is 6.31. The van der Waals surface area contributed by atoms with Crippen LogP contribution in [0.5, 0.6) is 0 Å². The van der Waals surface area contributed by atoms with Gasteiger partial charge in [-0.1, -0.05) is 68.8 Å². The van der Waals surface area contributed by atoms with Crippen molar-refractivity contribution in [1.82, 2.24) is 15.0 Å². The van der Waals surface area contributed by atoms with Crippen molar-refractivity contribution in [2.45, 2.75) is 83.6 Å². The Hall–Kier alpha value is -2.37. The number of guanidine groups is 1. The maximum absolute atomic E-state index is 7.70. The molecule has 0 amide bonds. The lowest BCUT2D eigenvalue weighted by molar-refractivity contribution is 0.320. The van der Waals surface area contributed by atoms with E-state index in [0.29, 0.717) is 18.1 Å². The van der Waals surface area contributed by atoms with Gasteiger partial charge < -0.3 is 15.2 Å².